The topological polar surface area (TPSA) is 75.3 Å². The van der Waals surface area contributed by atoms with Crippen LogP contribution in [0.15, 0.2) is 24.3 Å². The fourth-order valence-corrected chi connectivity index (χ4v) is 2.64. The third-order valence-corrected chi connectivity index (χ3v) is 3.93. The molecule has 0 unspecified atom stereocenters. The predicted octanol–water partition coefficient (Wildman–Crippen LogP) is 2.07. The van der Waals surface area contributed by atoms with E-state index < -0.39 is 0 Å². The highest BCUT2D eigenvalue weighted by atomic mass is 16.2. The molecule has 5 nitrogen and oxygen atoms in total. The van der Waals surface area contributed by atoms with Crippen LogP contribution in [0.2, 0.25) is 0 Å². The highest BCUT2D eigenvalue weighted by Crippen LogP contribution is 2.17. The smallest absolute Gasteiger partial charge is 0.251 e. The first-order valence-corrected chi connectivity index (χ1v) is 7.75. The molecule has 0 bridgehead atoms. The normalized spacial score (nSPS) is 15.1. The third kappa shape index (κ3) is 4.69. The molecule has 0 saturated heterocycles. The molecule has 1 aliphatic rings. The van der Waals surface area contributed by atoms with Gasteiger partial charge in [0.05, 0.1) is 6.54 Å². The second-order valence-electron chi connectivity index (χ2n) is 5.72. The highest BCUT2D eigenvalue weighted by molar-refractivity contribution is 5.98. The van der Waals surface area contributed by atoms with Crippen LogP contribution < -0.4 is 10.6 Å². The number of nitrogens with one attached hydrogen (secondary N) is 2. The predicted molar refractivity (Wildman–Crippen MR) is 83.8 cm³/mol. The lowest BCUT2D eigenvalue weighted by atomic mass is 9.95. The van der Waals surface area contributed by atoms with Crippen molar-refractivity contribution in [2.75, 3.05) is 6.54 Å². The van der Waals surface area contributed by atoms with E-state index in [1.165, 1.54) is 13.3 Å². The summed E-state index contributed by atoms with van der Waals surface area (Å²) in [5.74, 6) is -0.506. The average Bonchev–Trinajstić information content (AvgIpc) is 2.53. The molecule has 118 valence electrons. The number of carbonyl (C=O) groups is 3. The van der Waals surface area contributed by atoms with Crippen molar-refractivity contribution in [3.05, 3.63) is 35.4 Å². The van der Waals surface area contributed by atoms with Gasteiger partial charge in [0.25, 0.3) is 5.91 Å². The summed E-state index contributed by atoms with van der Waals surface area (Å²) in [5.41, 5.74) is 1.00. The molecular weight excluding hydrogens is 280 g/mol. The molecule has 5 heteroatoms. The van der Waals surface area contributed by atoms with Crippen LogP contribution >= 0.6 is 0 Å². The summed E-state index contributed by atoms with van der Waals surface area (Å²) in [6.45, 7) is 1.45. The standard InChI is InChI=1S/C17H22N2O3/c1-12(20)13-7-9-14(10-8-13)17(22)18-11-16(21)19-15-5-3-2-4-6-15/h7-10,15H,2-6,11H2,1H3,(H,18,22)(H,19,21). The second-order valence-corrected chi connectivity index (χ2v) is 5.72. The maximum Gasteiger partial charge on any atom is 0.251 e. The van der Waals surface area contributed by atoms with E-state index in [4.69, 9.17) is 0 Å². The first kappa shape index (κ1) is 16.2. The lowest BCUT2D eigenvalue weighted by Crippen LogP contribution is -2.42. The summed E-state index contributed by atoms with van der Waals surface area (Å²) < 4.78 is 0. The van der Waals surface area contributed by atoms with E-state index >= 15 is 0 Å². The summed E-state index contributed by atoms with van der Waals surface area (Å²) in [7, 11) is 0. The summed E-state index contributed by atoms with van der Waals surface area (Å²) in [6.07, 6.45) is 5.58. The van der Waals surface area contributed by atoms with Crippen molar-refractivity contribution in [2.45, 2.75) is 45.1 Å². The Morgan fingerprint density at radius 1 is 1.00 bits per heavy atom. The van der Waals surface area contributed by atoms with Crippen LogP contribution in [0.4, 0.5) is 0 Å². The van der Waals surface area contributed by atoms with Crippen molar-refractivity contribution >= 4 is 17.6 Å². The summed E-state index contributed by atoms with van der Waals surface area (Å²) >= 11 is 0. The van der Waals surface area contributed by atoms with E-state index in [9.17, 15) is 14.4 Å². The zero-order valence-corrected chi connectivity index (χ0v) is 12.9. The van der Waals surface area contributed by atoms with Crippen LogP contribution in [0.5, 0.6) is 0 Å². The first-order valence-electron chi connectivity index (χ1n) is 7.75. The molecule has 2 rings (SSSR count). The molecule has 1 aromatic rings. The summed E-state index contributed by atoms with van der Waals surface area (Å²) in [4.78, 5) is 34.9. The van der Waals surface area contributed by atoms with Crippen molar-refractivity contribution < 1.29 is 14.4 Å². The van der Waals surface area contributed by atoms with Gasteiger partial charge in [0.2, 0.25) is 5.91 Å². The lowest BCUT2D eigenvalue weighted by molar-refractivity contribution is -0.121. The minimum absolute atomic E-state index is 0.0240. The van der Waals surface area contributed by atoms with Crippen molar-refractivity contribution in [1.29, 1.82) is 0 Å². The molecule has 0 heterocycles. The zero-order chi connectivity index (χ0) is 15.9. The van der Waals surface area contributed by atoms with Gasteiger partial charge in [0.1, 0.15) is 0 Å². The van der Waals surface area contributed by atoms with Crippen LogP contribution in [-0.4, -0.2) is 30.2 Å². The van der Waals surface area contributed by atoms with Crippen molar-refractivity contribution in [3.8, 4) is 0 Å². The monoisotopic (exact) mass is 302 g/mol. The van der Waals surface area contributed by atoms with Crippen LogP contribution in [0, 0.1) is 0 Å². The van der Waals surface area contributed by atoms with Gasteiger partial charge < -0.3 is 10.6 Å². The second kappa shape index (κ2) is 7.73. The Kier molecular flexibility index (Phi) is 5.69. The molecule has 22 heavy (non-hydrogen) atoms. The minimum Gasteiger partial charge on any atom is -0.352 e. The Bertz CT molecular complexity index is 546. The van der Waals surface area contributed by atoms with Crippen LogP contribution in [-0.2, 0) is 4.79 Å². The number of rotatable bonds is 5. The van der Waals surface area contributed by atoms with E-state index in [2.05, 4.69) is 10.6 Å². The number of Topliss-reactive ketones (excluding diaryl/α,β-unsaturated/α-hetero) is 1. The Hall–Kier alpha value is -2.17. The van der Waals surface area contributed by atoms with E-state index in [1.54, 1.807) is 24.3 Å². The number of benzene rings is 1. The Labute approximate surface area is 130 Å². The van der Waals surface area contributed by atoms with Crippen molar-refractivity contribution in [2.24, 2.45) is 0 Å². The van der Waals surface area contributed by atoms with Crippen LogP contribution in [0.1, 0.15) is 59.7 Å². The lowest BCUT2D eigenvalue weighted by Gasteiger charge is -2.22. The zero-order valence-electron chi connectivity index (χ0n) is 12.9. The molecule has 2 amide bonds. The number of hydrogen-bond acceptors (Lipinski definition) is 3. The third-order valence-electron chi connectivity index (χ3n) is 3.93. The maximum atomic E-state index is 11.9. The van der Waals surface area contributed by atoms with Gasteiger partial charge in [-0.3, -0.25) is 14.4 Å². The molecule has 0 atom stereocenters. The molecule has 1 aromatic carbocycles. The fourth-order valence-electron chi connectivity index (χ4n) is 2.64. The van der Waals surface area contributed by atoms with Crippen LogP contribution in [0.3, 0.4) is 0 Å². The van der Waals surface area contributed by atoms with Crippen molar-refractivity contribution in [3.63, 3.8) is 0 Å². The van der Waals surface area contributed by atoms with Gasteiger partial charge in [-0.15, -0.1) is 0 Å². The van der Waals surface area contributed by atoms with Crippen molar-refractivity contribution in [1.82, 2.24) is 10.6 Å². The molecule has 1 fully saturated rings. The van der Waals surface area contributed by atoms with E-state index in [0.717, 1.165) is 25.7 Å². The van der Waals surface area contributed by atoms with Gasteiger partial charge in [-0.05, 0) is 31.9 Å². The Morgan fingerprint density at radius 3 is 2.18 bits per heavy atom. The highest BCUT2D eigenvalue weighted by Gasteiger charge is 2.16. The number of hydrogen-bond donors (Lipinski definition) is 2. The van der Waals surface area contributed by atoms with Crippen LogP contribution in [0.25, 0.3) is 0 Å². The average molecular weight is 302 g/mol. The van der Waals surface area contributed by atoms with E-state index in [-0.39, 0.29) is 30.2 Å². The van der Waals surface area contributed by atoms with E-state index in [1.807, 2.05) is 0 Å². The molecule has 0 aliphatic heterocycles. The molecule has 0 spiro atoms. The maximum absolute atomic E-state index is 11.9. The number of carbonyl (C=O) groups excluding carboxylic acids is 3. The molecule has 0 radical (unpaired) electrons. The number of ketones is 1. The fraction of sp³-hybridized carbons (Fsp3) is 0.471. The molecular formula is C17H22N2O3. The van der Waals surface area contributed by atoms with Gasteiger partial charge in [-0.2, -0.15) is 0 Å². The molecule has 1 aliphatic carbocycles. The number of amides is 2. The largest absolute Gasteiger partial charge is 0.352 e. The van der Waals surface area contributed by atoms with Gasteiger partial charge in [0, 0.05) is 17.2 Å². The van der Waals surface area contributed by atoms with E-state index in [0.29, 0.717) is 11.1 Å². The minimum atomic E-state index is -0.311. The molecule has 1 saturated carbocycles. The SMILES string of the molecule is CC(=O)c1ccc(C(=O)NCC(=O)NC2CCCCC2)cc1. The Balaban J connectivity index is 1.78. The van der Waals surface area contributed by atoms with Gasteiger partial charge >= 0.3 is 0 Å². The summed E-state index contributed by atoms with van der Waals surface area (Å²) in [6, 6.07) is 6.64. The molecule has 2 N–H and O–H groups in total. The summed E-state index contributed by atoms with van der Waals surface area (Å²) in [5, 5.41) is 5.55. The first-order chi connectivity index (χ1) is 10.6. The quantitative estimate of drug-likeness (QED) is 0.818. The molecule has 0 aromatic heterocycles. The van der Waals surface area contributed by atoms with Gasteiger partial charge in [-0.25, -0.2) is 0 Å². The Morgan fingerprint density at radius 2 is 1.59 bits per heavy atom. The van der Waals surface area contributed by atoms with Gasteiger partial charge in [0.15, 0.2) is 5.78 Å². The van der Waals surface area contributed by atoms with Gasteiger partial charge in [-0.1, -0.05) is 31.4 Å².